The maximum absolute atomic E-state index is 7.33. The first kappa shape index (κ1) is 64.6. The van der Waals surface area contributed by atoms with E-state index in [0.717, 1.165) is 123 Å². The zero-order valence-electron chi connectivity index (χ0n) is 60.1. The van der Waals surface area contributed by atoms with Crippen LogP contribution in [-0.2, 0) is 5.41 Å². The van der Waals surface area contributed by atoms with Crippen molar-refractivity contribution in [2.24, 2.45) is 0 Å². The number of para-hydroxylation sites is 4. The molecule has 0 saturated carbocycles. The summed E-state index contributed by atoms with van der Waals surface area (Å²) in [6.45, 7) is 6.54. The smallest absolute Gasteiger partial charge is 0.253 e. The van der Waals surface area contributed by atoms with Gasteiger partial charge in [0.1, 0.15) is 11.5 Å². The van der Waals surface area contributed by atoms with E-state index in [2.05, 4.69) is 423 Å². The van der Waals surface area contributed by atoms with Gasteiger partial charge in [0.2, 0.25) is 0 Å². The summed E-state index contributed by atoms with van der Waals surface area (Å²) in [5, 5.41) is 0. The Morgan fingerprint density at radius 1 is 0.269 bits per heavy atom. The number of anilines is 12. The molecule has 108 heavy (non-hydrogen) atoms. The van der Waals surface area contributed by atoms with Gasteiger partial charge in [-0.2, -0.15) is 0 Å². The van der Waals surface area contributed by atoms with Crippen molar-refractivity contribution < 1.29 is 4.74 Å². The third-order valence-corrected chi connectivity index (χ3v) is 23.2. The van der Waals surface area contributed by atoms with E-state index >= 15 is 0 Å². The molecule has 0 spiro atoms. The minimum Gasteiger partial charge on any atom is -0.458 e. The molecule has 16 aromatic carbocycles. The van der Waals surface area contributed by atoms with E-state index < -0.39 is 0 Å². The van der Waals surface area contributed by atoms with Crippen LogP contribution >= 0.6 is 11.8 Å². The first-order valence-corrected chi connectivity index (χ1v) is 38.2. The Balaban J connectivity index is 0.831. The third-order valence-electron chi connectivity index (χ3n) is 22.1. The first-order valence-electron chi connectivity index (χ1n) is 37.3. The van der Waals surface area contributed by atoms with Crippen LogP contribution in [0.1, 0.15) is 26.3 Å². The Bertz CT molecular complexity index is 5920. The lowest BCUT2D eigenvalue weighted by molar-refractivity contribution is 0.486. The van der Waals surface area contributed by atoms with Crippen molar-refractivity contribution >= 4 is 126 Å². The van der Waals surface area contributed by atoms with Gasteiger partial charge < -0.3 is 24.3 Å². The van der Waals surface area contributed by atoms with Crippen LogP contribution in [-0.4, -0.2) is 13.4 Å². The summed E-state index contributed by atoms with van der Waals surface area (Å²) in [7, 11) is 0. The van der Waals surface area contributed by atoms with Crippen LogP contribution in [0.25, 0.3) is 55.6 Å². The van der Waals surface area contributed by atoms with Crippen LogP contribution in [0.15, 0.2) is 392 Å². The lowest BCUT2D eigenvalue weighted by Crippen LogP contribution is -2.64. The van der Waals surface area contributed by atoms with Crippen molar-refractivity contribution in [1.29, 1.82) is 0 Å². The summed E-state index contributed by atoms with van der Waals surface area (Å²) >= 11 is 1.86. The molecule has 16 aromatic rings. The SMILES string of the molecule is CC(C)(C)c1ccc(-c2ccccc2N2c3cc4c(cc3B3c5ccccc5N(c5ccccc5)c5cc(N(c6ccc(-c7ccccc7)cc6)c6ccc(-c7ccccc7)cc6)cc2c53)B2c3ccccc3Oc3cc(N(c5ccc(-c6ccccc6)cc5)c5ccc(-c6ccccc6)cc5)cc(c32)S4)cc1. The highest BCUT2D eigenvalue weighted by Crippen LogP contribution is 2.52. The van der Waals surface area contributed by atoms with E-state index in [1.807, 2.05) is 11.8 Å². The molecule has 0 N–H and O–H groups in total. The van der Waals surface area contributed by atoms with Crippen molar-refractivity contribution in [1.82, 2.24) is 0 Å². The Kier molecular flexibility index (Phi) is 15.9. The second-order valence-corrected chi connectivity index (χ2v) is 30.6. The summed E-state index contributed by atoms with van der Waals surface area (Å²) in [4.78, 5) is 12.4. The quantitative estimate of drug-likeness (QED) is 0.107. The van der Waals surface area contributed by atoms with E-state index in [-0.39, 0.29) is 18.8 Å². The van der Waals surface area contributed by atoms with Gasteiger partial charge >= 0.3 is 0 Å². The number of hydrogen-bond acceptors (Lipinski definition) is 6. The second-order valence-electron chi connectivity index (χ2n) is 29.5. The average Bonchev–Trinajstić information content (AvgIpc) is 0.689. The maximum Gasteiger partial charge on any atom is 0.253 e. The monoisotopic (exact) mass is 1400 g/mol. The summed E-state index contributed by atoms with van der Waals surface area (Å²) < 4.78 is 7.33. The molecule has 4 aliphatic rings. The molecule has 5 nitrogen and oxygen atoms in total. The van der Waals surface area contributed by atoms with Crippen LogP contribution in [0, 0.1) is 0 Å². The molecule has 4 aliphatic heterocycles. The molecule has 0 unspecified atom stereocenters. The number of hydrogen-bond donors (Lipinski definition) is 0. The zero-order chi connectivity index (χ0) is 72.0. The van der Waals surface area contributed by atoms with E-state index in [0.29, 0.717) is 0 Å². The lowest BCUT2D eigenvalue weighted by atomic mass is 9.31. The fourth-order valence-corrected chi connectivity index (χ4v) is 18.1. The predicted octanol–water partition coefficient (Wildman–Crippen LogP) is 23.4. The summed E-state index contributed by atoms with van der Waals surface area (Å²) in [6, 6.07) is 141. The summed E-state index contributed by atoms with van der Waals surface area (Å²) in [6.07, 6.45) is 0. The van der Waals surface area contributed by atoms with E-state index in [1.54, 1.807) is 0 Å². The average molecular weight is 1400 g/mol. The van der Waals surface area contributed by atoms with E-state index in [9.17, 15) is 0 Å². The number of rotatable bonds is 13. The number of ether oxygens (including phenoxy) is 1. The fraction of sp³-hybridized carbons (Fsp3) is 0.0400. The van der Waals surface area contributed by atoms with Gasteiger partial charge in [0.15, 0.2) is 0 Å². The highest BCUT2D eigenvalue weighted by molar-refractivity contribution is 8.00. The standard InChI is InChI=1S/C100H72B2N4OS/c1-100(2,3)76-51-41-75(42-52-76)84-35-19-22-38-89(84)106-91-66-96-88(102-86-37-21-24-40-94(86)107-95-63-83(64-97(108-96)99(95)102)104(80-57-47-73(48-58-80)69-29-13-6-14-30-69)81-59-49-74(50-60-81)70-31-15-7-16-32-70)65-87(91)101-85-36-20-23-39-90(85)105(77-33-17-8-18-34-77)92-61-82(62-93(106)98(92)101)103(78-53-43-71(44-54-78)67-25-9-4-10-26-67)79-55-45-72(46-56-79)68-27-11-5-12-28-68/h4-66H,1-3H3. The number of fused-ring (bicyclic) bond motifs is 8. The van der Waals surface area contributed by atoms with Gasteiger partial charge in [-0.3, -0.25) is 0 Å². The minimum atomic E-state index is -0.197. The molecule has 0 amide bonds. The second kappa shape index (κ2) is 26.5. The van der Waals surface area contributed by atoms with Gasteiger partial charge in [0, 0.05) is 72.6 Å². The molecule has 510 valence electrons. The van der Waals surface area contributed by atoms with Gasteiger partial charge in [-0.05, 0) is 191 Å². The lowest BCUT2D eigenvalue weighted by Gasteiger charge is -2.46. The van der Waals surface area contributed by atoms with Gasteiger partial charge in [-0.15, -0.1) is 0 Å². The highest BCUT2D eigenvalue weighted by atomic mass is 32.2. The molecule has 0 bridgehead atoms. The topological polar surface area (TPSA) is 22.2 Å². The van der Waals surface area contributed by atoms with Crippen LogP contribution in [0.4, 0.5) is 68.2 Å². The Morgan fingerprint density at radius 2 is 0.676 bits per heavy atom. The van der Waals surface area contributed by atoms with Gasteiger partial charge in [0.05, 0.1) is 17.1 Å². The van der Waals surface area contributed by atoms with Crippen molar-refractivity contribution in [3.05, 3.63) is 388 Å². The minimum absolute atomic E-state index is 0.0304. The molecule has 0 aliphatic carbocycles. The van der Waals surface area contributed by atoms with Gasteiger partial charge in [-0.1, -0.05) is 311 Å². The zero-order valence-corrected chi connectivity index (χ0v) is 60.9. The first-order chi connectivity index (χ1) is 53.2. The van der Waals surface area contributed by atoms with Crippen molar-refractivity contribution in [2.45, 2.75) is 36.0 Å². The van der Waals surface area contributed by atoms with Crippen molar-refractivity contribution in [2.75, 3.05) is 19.6 Å². The molecule has 0 radical (unpaired) electrons. The van der Waals surface area contributed by atoms with Crippen molar-refractivity contribution in [3.8, 4) is 67.1 Å². The van der Waals surface area contributed by atoms with Crippen LogP contribution in [0.3, 0.4) is 0 Å². The molecule has 8 heteroatoms. The molecule has 20 rings (SSSR count). The van der Waals surface area contributed by atoms with Crippen LogP contribution < -0.4 is 57.1 Å². The number of nitrogens with zero attached hydrogens (tertiary/aromatic N) is 4. The van der Waals surface area contributed by atoms with E-state index in [4.69, 9.17) is 4.74 Å². The van der Waals surface area contributed by atoms with E-state index in [1.165, 1.54) is 60.0 Å². The Morgan fingerprint density at radius 3 is 1.19 bits per heavy atom. The normalized spacial score (nSPS) is 12.7. The number of benzene rings is 16. The Labute approximate surface area is 637 Å². The van der Waals surface area contributed by atoms with Gasteiger partial charge in [-0.25, -0.2) is 0 Å². The highest BCUT2D eigenvalue weighted by Gasteiger charge is 2.47. The summed E-state index contributed by atoms with van der Waals surface area (Å²) in [5.41, 5.74) is 33.1. The molecular weight excluding hydrogens is 1330 g/mol. The predicted molar refractivity (Wildman–Crippen MR) is 457 cm³/mol. The molecule has 0 fully saturated rings. The summed E-state index contributed by atoms with van der Waals surface area (Å²) in [5.74, 6) is 1.72. The molecule has 4 heterocycles. The Hall–Kier alpha value is -13.0. The maximum atomic E-state index is 7.33. The van der Waals surface area contributed by atoms with Crippen molar-refractivity contribution in [3.63, 3.8) is 0 Å². The molecule has 0 aromatic heterocycles. The fourth-order valence-electron chi connectivity index (χ4n) is 16.9. The van der Waals surface area contributed by atoms with Crippen LogP contribution in [0.5, 0.6) is 11.5 Å². The van der Waals surface area contributed by atoms with Gasteiger partial charge in [0.25, 0.3) is 13.4 Å². The van der Waals surface area contributed by atoms with Crippen LogP contribution in [0.2, 0.25) is 0 Å². The third kappa shape index (κ3) is 11.3. The largest absolute Gasteiger partial charge is 0.458 e. The molecular formula is C100H72B2N4OS. The molecule has 0 saturated heterocycles. The molecule has 0 atom stereocenters.